The molecule has 1 saturated heterocycles. The zero-order chi connectivity index (χ0) is 7.40. The third-order valence-electron chi connectivity index (χ3n) is 1.89. The van der Waals surface area contributed by atoms with Gasteiger partial charge in [0.2, 0.25) is 0 Å². The number of likely N-dealkylation sites (tertiary alicyclic amines) is 1. The molecule has 1 N–H and O–H groups in total. The molecule has 1 rings (SSSR count). The summed E-state index contributed by atoms with van der Waals surface area (Å²) in [5.74, 6) is 0. The largest absolute Gasteiger partial charge is 0.396 e. The summed E-state index contributed by atoms with van der Waals surface area (Å²) in [5, 5.41) is 8.50. The van der Waals surface area contributed by atoms with Crippen molar-refractivity contribution in [3.63, 3.8) is 0 Å². The van der Waals surface area contributed by atoms with Gasteiger partial charge in [-0.15, -0.1) is 0 Å². The molecule has 0 spiro atoms. The summed E-state index contributed by atoms with van der Waals surface area (Å²) in [5.41, 5.74) is 0. The predicted octanol–water partition coefficient (Wildman–Crippen LogP) is -0.301. The van der Waals surface area contributed by atoms with Gasteiger partial charge in [0.25, 0.3) is 0 Å². The second kappa shape index (κ2) is 3.91. The highest BCUT2D eigenvalue weighted by Gasteiger charge is 2.24. The summed E-state index contributed by atoms with van der Waals surface area (Å²) >= 11 is 0. The first-order valence-corrected chi connectivity index (χ1v) is 3.73. The molecule has 0 saturated carbocycles. The summed E-state index contributed by atoms with van der Waals surface area (Å²) in [6.07, 6.45) is 1.33. The molecule has 3 nitrogen and oxygen atoms in total. The molecule has 1 heterocycles. The van der Waals surface area contributed by atoms with Crippen molar-refractivity contribution < 1.29 is 9.84 Å². The fourth-order valence-electron chi connectivity index (χ4n) is 1.15. The molecule has 0 aliphatic carbocycles. The second-order valence-corrected chi connectivity index (χ2v) is 2.69. The Bertz CT molecular complexity index is 88.9. The maximum absolute atomic E-state index is 8.50. The van der Waals surface area contributed by atoms with E-state index in [1.807, 2.05) is 0 Å². The molecule has 3 heteroatoms. The first-order valence-electron chi connectivity index (χ1n) is 3.73. The summed E-state index contributed by atoms with van der Waals surface area (Å²) in [6.45, 7) is 3.39. The molecule has 60 valence electrons. The lowest BCUT2D eigenvalue weighted by molar-refractivity contribution is -0.0309. The van der Waals surface area contributed by atoms with Crippen LogP contribution in [0.15, 0.2) is 0 Å². The summed E-state index contributed by atoms with van der Waals surface area (Å²) in [6, 6.07) is 0. The molecule has 1 aliphatic heterocycles. The number of nitrogens with zero attached hydrogens (tertiary/aromatic N) is 1. The Kier molecular flexibility index (Phi) is 3.12. The monoisotopic (exact) mass is 145 g/mol. The highest BCUT2D eigenvalue weighted by atomic mass is 16.5. The van der Waals surface area contributed by atoms with Crippen LogP contribution < -0.4 is 0 Å². The van der Waals surface area contributed by atoms with E-state index in [9.17, 15) is 0 Å². The molecule has 0 radical (unpaired) electrons. The molecular weight excluding hydrogens is 130 g/mol. The number of aliphatic hydroxyl groups is 1. The molecule has 0 atom stereocenters. The van der Waals surface area contributed by atoms with Gasteiger partial charge in [0.05, 0.1) is 6.10 Å². The van der Waals surface area contributed by atoms with Crippen LogP contribution in [0.1, 0.15) is 6.42 Å². The van der Waals surface area contributed by atoms with Crippen molar-refractivity contribution in [2.45, 2.75) is 12.5 Å². The van der Waals surface area contributed by atoms with E-state index in [-0.39, 0.29) is 0 Å². The first kappa shape index (κ1) is 7.98. The molecule has 1 aliphatic rings. The smallest absolute Gasteiger partial charge is 0.0824 e. The van der Waals surface area contributed by atoms with Crippen LogP contribution in [0, 0.1) is 0 Å². The van der Waals surface area contributed by atoms with E-state index in [2.05, 4.69) is 4.90 Å². The van der Waals surface area contributed by atoms with Crippen LogP contribution >= 0.6 is 0 Å². The molecule has 0 amide bonds. The average Bonchev–Trinajstić information content (AvgIpc) is 1.86. The lowest BCUT2D eigenvalue weighted by Crippen LogP contribution is -2.51. The number of ether oxygens (including phenoxy) is 1. The van der Waals surface area contributed by atoms with Gasteiger partial charge in [-0.1, -0.05) is 0 Å². The third-order valence-corrected chi connectivity index (χ3v) is 1.89. The van der Waals surface area contributed by atoms with Crippen molar-refractivity contribution in [3.8, 4) is 0 Å². The van der Waals surface area contributed by atoms with Gasteiger partial charge in [-0.3, -0.25) is 4.90 Å². The number of hydrogen-bond donors (Lipinski definition) is 1. The topological polar surface area (TPSA) is 32.7 Å². The summed E-state index contributed by atoms with van der Waals surface area (Å²) in [7, 11) is 1.74. The normalized spacial score (nSPS) is 21.0. The molecule has 0 unspecified atom stereocenters. The van der Waals surface area contributed by atoms with Crippen LogP contribution in [0.3, 0.4) is 0 Å². The maximum Gasteiger partial charge on any atom is 0.0824 e. The number of hydrogen-bond acceptors (Lipinski definition) is 3. The molecule has 0 aromatic carbocycles. The Labute approximate surface area is 61.6 Å². The van der Waals surface area contributed by atoms with Gasteiger partial charge >= 0.3 is 0 Å². The van der Waals surface area contributed by atoms with E-state index >= 15 is 0 Å². The zero-order valence-electron chi connectivity index (χ0n) is 6.42. The van der Waals surface area contributed by atoms with Crippen molar-refractivity contribution in [2.75, 3.05) is 33.4 Å². The van der Waals surface area contributed by atoms with Crippen LogP contribution in [0.25, 0.3) is 0 Å². The summed E-state index contributed by atoms with van der Waals surface area (Å²) < 4.78 is 5.09. The lowest BCUT2D eigenvalue weighted by atomic mass is 10.1. The Morgan fingerprint density at radius 2 is 2.30 bits per heavy atom. The van der Waals surface area contributed by atoms with E-state index in [1.54, 1.807) is 7.11 Å². The van der Waals surface area contributed by atoms with Crippen LogP contribution in [-0.4, -0.2) is 49.5 Å². The van der Waals surface area contributed by atoms with Gasteiger partial charge in [-0.05, 0) is 6.42 Å². The molecule has 0 aromatic rings. The fraction of sp³-hybridized carbons (Fsp3) is 1.00. The fourth-order valence-corrected chi connectivity index (χ4v) is 1.15. The van der Waals surface area contributed by atoms with Gasteiger partial charge in [-0.2, -0.15) is 0 Å². The first-order chi connectivity index (χ1) is 4.86. The minimum Gasteiger partial charge on any atom is -0.396 e. The number of aliphatic hydroxyl groups excluding tert-OH is 1. The van der Waals surface area contributed by atoms with E-state index in [0.29, 0.717) is 12.7 Å². The highest BCUT2D eigenvalue weighted by Crippen LogP contribution is 2.09. The van der Waals surface area contributed by atoms with Crippen molar-refractivity contribution in [1.82, 2.24) is 4.90 Å². The van der Waals surface area contributed by atoms with Crippen LogP contribution in [0.4, 0.5) is 0 Å². The number of rotatable bonds is 4. The van der Waals surface area contributed by atoms with Crippen molar-refractivity contribution in [2.24, 2.45) is 0 Å². The van der Waals surface area contributed by atoms with E-state index in [1.165, 1.54) is 0 Å². The van der Waals surface area contributed by atoms with Crippen LogP contribution in [-0.2, 0) is 4.74 Å². The molecule has 10 heavy (non-hydrogen) atoms. The summed E-state index contributed by atoms with van der Waals surface area (Å²) in [4.78, 5) is 2.28. The van der Waals surface area contributed by atoms with Crippen molar-refractivity contribution in [3.05, 3.63) is 0 Å². The quantitative estimate of drug-likeness (QED) is 0.589. The van der Waals surface area contributed by atoms with E-state index in [4.69, 9.17) is 9.84 Å². The van der Waals surface area contributed by atoms with Crippen LogP contribution in [0.5, 0.6) is 0 Å². The zero-order valence-corrected chi connectivity index (χ0v) is 6.42. The average molecular weight is 145 g/mol. The number of methoxy groups -OCH3 is 1. The minimum absolute atomic E-state index is 0.300. The highest BCUT2D eigenvalue weighted by molar-refractivity contribution is 4.79. The van der Waals surface area contributed by atoms with Crippen LogP contribution in [0.2, 0.25) is 0 Å². The molecule has 0 aromatic heterocycles. The van der Waals surface area contributed by atoms with Gasteiger partial charge in [0.1, 0.15) is 0 Å². The minimum atomic E-state index is 0.300. The Morgan fingerprint density at radius 1 is 1.60 bits per heavy atom. The standard InChI is InChI=1S/C7H15NO2/c1-10-7-5-8(6-7)3-2-4-9/h7,9H,2-6H2,1H3. The molecule has 0 bridgehead atoms. The predicted molar refractivity (Wildman–Crippen MR) is 38.9 cm³/mol. The third kappa shape index (κ3) is 1.94. The molecule has 1 fully saturated rings. The Hall–Kier alpha value is -0.120. The Morgan fingerprint density at radius 3 is 2.80 bits per heavy atom. The van der Waals surface area contributed by atoms with Gasteiger partial charge < -0.3 is 9.84 Å². The van der Waals surface area contributed by atoms with Gasteiger partial charge in [-0.25, -0.2) is 0 Å². The van der Waals surface area contributed by atoms with Gasteiger partial charge in [0.15, 0.2) is 0 Å². The molecular formula is C7H15NO2. The van der Waals surface area contributed by atoms with Crippen molar-refractivity contribution >= 4 is 0 Å². The second-order valence-electron chi connectivity index (χ2n) is 2.69. The maximum atomic E-state index is 8.50. The van der Waals surface area contributed by atoms with Crippen molar-refractivity contribution in [1.29, 1.82) is 0 Å². The van der Waals surface area contributed by atoms with E-state index in [0.717, 1.165) is 26.1 Å². The van der Waals surface area contributed by atoms with E-state index < -0.39 is 0 Å². The lowest BCUT2D eigenvalue weighted by Gasteiger charge is -2.37. The SMILES string of the molecule is COC1CN(CCCO)C1. The Balaban J connectivity index is 1.93. The van der Waals surface area contributed by atoms with Gasteiger partial charge in [0, 0.05) is 33.4 Å².